The molecule has 1 aliphatic heterocycles. The fourth-order valence-corrected chi connectivity index (χ4v) is 2.88. The first kappa shape index (κ1) is 13.7. The largest absolute Gasteiger partial charge is 0.480 e. The molecule has 3 rings (SSSR count). The fourth-order valence-electron chi connectivity index (χ4n) is 2.88. The van der Waals surface area contributed by atoms with Crippen molar-refractivity contribution in [3.8, 4) is 0 Å². The Kier molecular flexibility index (Phi) is 3.68. The molecule has 21 heavy (non-hydrogen) atoms. The molecule has 2 aromatic rings. The second kappa shape index (κ2) is 5.63. The lowest BCUT2D eigenvalue weighted by Gasteiger charge is -2.36. The van der Waals surface area contributed by atoms with Gasteiger partial charge in [-0.15, -0.1) is 10.2 Å². The van der Waals surface area contributed by atoms with Gasteiger partial charge in [0.05, 0.1) is 5.52 Å². The van der Waals surface area contributed by atoms with E-state index in [-0.39, 0.29) is 0 Å². The van der Waals surface area contributed by atoms with Crippen LogP contribution < -0.4 is 4.90 Å². The summed E-state index contributed by atoms with van der Waals surface area (Å²) < 4.78 is 0. The van der Waals surface area contributed by atoms with E-state index < -0.39 is 12.0 Å². The highest BCUT2D eigenvalue weighted by molar-refractivity contribution is 5.79. The summed E-state index contributed by atoms with van der Waals surface area (Å²) in [5.74, 6) is 0.0522. The maximum absolute atomic E-state index is 11.5. The van der Waals surface area contributed by atoms with Gasteiger partial charge in [0, 0.05) is 6.54 Å². The van der Waals surface area contributed by atoms with E-state index in [0.29, 0.717) is 24.8 Å². The van der Waals surface area contributed by atoms with Gasteiger partial charge in [0.25, 0.3) is 0 Å². The number of hydrogen-bond acceptors (Lipinski definition) is 5. The Morgan fingerprint density at radius 3 is 2.81 bits per heavy atom. The number of piperidine rings is 1. The van der Waals surface area contributed by atoms with Gasteiger partial charge in [-0.05, 0) is 30.9 Å². The average Bonchev–Trinajstić information content (AvgIpc) is 2.53. The minimum Gasteiger partial charge on any atom is -0.480 e. The quantitative estimate of drug-likeness (QED) is 0.931. The van der Waals surface area contributed by atoms with E-state index in [9.17, 15) is 9.90 Å². The van der Waals surface area contributed by atoms with Crippen LogP contribution in [0.25, 0.3) is 11.0 Å². The minimum atomic E-state index is -0.815. The second-order valence-corrected chi connectivity index (χ2v) is 5.45. The summed E-state index contributed by atoms with van der Waals surface area (Å²) in [5.41, 5.74) is 1.46. The SMILES string of the molecule is CCC1CCN(c2nnc3ccccc3n2)C(C(=O)O)C1. The Labute approximate surface area is 122 Å². The van der Waals surface area contributed by atoms with Gasteiger partial charge >= 0.3 is 5.97 Å². The highest BCUT2D eigenvalue weighted by Gasteiger charge is 2.34. The molecule has 6 heteroatoms. The van der Waals surface area contributed by atoms with E-state index in [4.69, 9.17) is 0 Å². The number of nitrogens with zero attached hydrogens (tertiary/aromatic N) is 4. The zero-order valence-corrected chi connectivity index (χ0v) is 11.9. The average molecular weight is 286 g/mol. The van der Waals surface area contributed by atoms with Crippen molar-refractivity contribution in [1.29, 1.82) is 0 Å². The third-order valence-electron chi connectivity index (χ3n) is 4.18. The van der Waals surface area contributed by atoms with Gasteiger partial charge in [-0.3, -0.25) is 0 Å². The highest BCUT2D eigenvalue weighted by Crippen LogP contribution is 2.28. The molecule has 6 nitrogen and oxygen atoms in total. The Morgan fingerprint density at radius 2 is 2.10 bits per heavy atom. The summed E-state index contributed by atoms with van der Waals surface area (Å²) in [5, 5.41) is 17.7. The number of benzene rings is 1. The lowest BCUT2D eigenvalue weighted by Crippen LogP contribution is -2.48. The molecule has 110 valence electrons. The molecule has 0 saturated carbocycles. The molecular weight excluding hydrogens is 268 g/mol. The highest BCUT2D eigenvalue weighted by atomic mass is 16.4. The van der Waals surface area contributed by atoms with Crippen LogP contribution in [0.4, 0.5) is 5.95 Å². The standard InChI is InChI=1S/C15H18N4O2/c1-2-10-7-8-19(13(9-10)14(20)21)15-16-11-5-3-4-6-12(11)17-18-15/h3-6,10,13H,2,7-9H2,1H3,(H,20,21). The van der Waals surface area contributed by atoms with Crippen LogP contribution in [0.15, 0.2) is 24.3 Å². The van der Waals surface area contributed by atoms with Gasteiger partial charge in [0.1, 0.15) is 11.6 Å². The van der Waals surface area contributed by atoms with Crippen LogP contribution >= 0.6 is 0 Å². The van der Waals surface area contributed by atoms with Crippen molar-refractivity contribution in [2.24, 2.45) is 5.92 Å². The fraction of sp³-hybridized carbons (Fsp3) is 0.467. The maximum atomic E-state index is 11.5. The van der Waals surface area contributed by atoms with Crippen LogP contribution in [0, 0.1) is 5.92 Å². The third kappa shape index (κ3) is 2.66. The number of anilines is 1. The molecule has 0 aliphatic carbocycles. The molecule has 1 aliphatic rings. The van der Waals surface area contributed by atoms with E-state index in [2.05, 4.69) is 22.1 Å². The molecule has 0 bridgehead atoms. The summed E-state index contributed by atoms with van der Waals surface area (Å²) in [4.78, 5) is 17.8. The zero-order valence-electron chi connectivity index (χ0n) is 11.9. The van der Waals surface area contributed by atoms with E-state index >= 15 is 0 Å². The predicted molar refractivity (Wildman–Crippen MR) is 79.1 cm³/mol. The number of carboxylic acid groups (broad SMARTS) is 1. The molecule has 1 saturated heterocycles. The number of carboxylic acids is 1. The Morgan fingerprint density at radius 1 is 1.33 bits per heavy atom. The molecule has 1 N–H and O–H groups in total. The third-order valence-corrected chi connectivity index (χ3v) is 4.18. The summed E-state index contributed by atoms with van der Waals surface area (Å²) in [7, 11) is 0. The molecule has 2 heterocycles. The molecule has 0 radical (unpaired) electrons. The molecule has 0 spiro atoms. The van der Waals surface area contributed by atoms with Crippen molar-refractivity contribution >= 4 is 23.0 Å². The summed E-state index contributed by atoms with van der Waals surface area (Å²) in [6.45, 7) is 2.77. The minimum absolute atomic E-state index is 0.413. The molecular formula is C15H18N4O2. The van der Waals surface area contributed by atoms with Crippen molar-refractivity contribution in [2.75, 3.05) is 11.4 Å². The first-order chi connectivity index (χ1) is 10.2. The van der Waals surface area contributed by atoms with Crippen LogP contribution in [0.5, 0.6) is 0 Å². The van der Waals surface area contributed by atoms with Gasteiger partial charge in [0.2, 0.25) is 5.95 Å². The zero-order chi connectivity index (χ0) is 14.8. The number of rotatable bonds is 3. The lowest BCUT2D eigenvalue weighted by molar-refractivity contribution is -0.139. The van der Waals surface area contributed by atoms with Crippen molar-refractivity contribution in [1.82, 2.24) is 15.2 Å². The topological polar surface area (TPSA) is 79.2 Å². The molecule has 2 unspecified atom stereocenters. The second-order valence-electron chi connectivity index (χ2n) is 5.45. The Balaban J connectivity index is 1.94. The first-order valence-corrected chi connectivity index (χ1v) is 7.28. The Bertz CT molecular complexity index is 661. The smallest absolute Gasteiger partial charge is 0.326 e. The molecule has 0 amide bonds. The number of aromatic nitrogens is 3. The number of hydrogen-bond donors (Lipinski definition) is 1. The monoisotopic (exact) mass is 286 g/mol. The molecule has 1 aromatic heterocycles. The van der Waals surface area contributed by atoms with Crippen molar-refractivity contribution < 1.29 is 9.90 Å². The van der Waals surface area contributed by atoms with E-state index in [1.807, 2.05) is 24.3 Å². The van der Waals surface area contributed by atoms with Crippen molar-refractivity contribution in [3.05, 3.63) is 24.3 Å². The van der Waals surface area contributed by atoms with Gasteiger partial charge in [-0.25, -0.2) is 9.78 Å². The number of carbonyl (C=O) groups is 1. The van der Waals surface area contributed by atoms with Gasteiger partial charge < -0.3 is 10.0 Å². The summed E-state index contributed by atoms with van der Waals surface area (Å²) in [6, 6.07) is 6.91. The number of fused-ring (bicyclic) bond motifs is 1. The van der Waals surface area contributed by atoms with Crippen molar-refractivity contribution in [3.63, 3.8) is 0 Å². The van der Waals surface area contributed by atoms with Crippen LogP contribution in [-0.2, 0) is 4.79 Å². The normalized spacial score (nSPS) is 22.4. The van der Waals surface area contributed by atoms with Crippen LogP contribution in [0.1, 0.15) is 26.2 Å². The van der Waals surface area contributed by atoms with E-state index in [0.717, 1.165) is 23.9 Å². The summed E-state index contributed by atoms with van der Waals surface area (Å²) in [6.07, 6.45) is 2.62. The van der Waals surface area contributed by atoms with Gasteiger partial charge in [-0.1, -0.05) is 25.5 Å². The molecule has 1 fully saturated rings. The first-order valence-electron chi connectivity index (χ1n) is 7.28. The van der Waals surface area contributed by atoms with Gasteiger partial charge in [0.15, 0.2) is 0 Å². The van der Waals surface area contributed by atoms with E-state index in [1.54, 1.807) is 4.90 Å². The Hall–Kier alpha value is -2.24. The van der Waals surface area contributed by atoms with Crippen LogP contribution in [0.2, 0.25) is 0 Å². The molecule has 1 aromatic carbocycles. The van der Waals surface area contributed by atoms with Crippen molar-refractivity contribution in [2.45, 2.75) is 32.2 Å². The summed E-state index contributed by atoms with van der Waals surface area (Å²) >= 11 is 0. The van der Waals surface area contributed by atoms with Crippen LogP contribution in [-0.4, -0.2) is 38.8 Å². The van der Waals surface area contributed by atoms with Gasteiger partial charge in [-0.2, -0.15) is 0 Å². The molecule has 2 atom stereocenters. The predicted octanol–water partition coefficient (Wildman–Crippen LogP) is 2.10. The lowest BCUT2D eigenvalue weighted by atomic mass is 9.89. The maximum Gasteiger partial charge on any atom is 0.326 e. The van der Waals surface area contributed by atoms with E-state index in [1.165, 1.54) is 0 Å². The number of para-hydroxylation sites is 1. The number of aliphatic carboxylic acids is 1. The van der Waals surface area contributed by atoms with Crippen LogP contribution in [0.3, 0.4) is 0 Å².